The number of amides is 1. The van der Waals surface area contributed by atoms with Gasteiger partial charge in [0.05, 0.1) is 17.7 Å². The van der Waals surface area contributed by atoms with Gasteiger partial charge < -0.3 is 9.88 Å². The van der Waals surface area contributed by atoms with Gasteiger partial charge in [0.2, 0.25) is 0 Å². The van der Waals surface area contributed by atoms with Crippen molar-refractivity contribution in [3.63, 3.8) is 0 Å². The van der Waals surface area contributed by atoms with Crippen molar-refractivity contribution in [1.29, 1.82) is 5.26 Å². The van der Waals surface area contributed by atoms with Crippen LogP contribution >= 0.6 is 0 Å². The van der Waals surface area contributed by atoms with Crippen molar-refractivity contribution in [2.24, 2.45) is 0 Å². The molecule has 0 bridgehead atoms. The van der Waals surface area contributed by atoms with E-state index in [1.165, 1.54) is 0 Å². The van der Waals surface area contributed by atoms with E-state index in [1.54, 1.807) is 36.7 Å². The summed E-state index contributed by atoms with van der Waals surface area (Å²) in [5, 5.41) is 8.99. The predicted molar refractivity (Wildman–Crippen MR) is 85.6 cm³/mol. The quantitative estimate of drug-likeness (QED) is 0.938. The van der Waals surface area contributed by atoms with Gasteiger partial charge in [-0.2, -0.15) is 5.26 Å². The molecule has 1 aliphatic heterocycles. The molecule has 1 fully saturated rings. The van der Waals surface area contributed by atoms with Gasteiger partial charge in [0, 0.05) is 37.6 Å². The third-order valence-electron chi connectivity index (χ3n) is 4.26. The van der Waals surface area contributed by atoms with Crippen LogP contribution in [0.5, 0.6) is 0 Å². The first-order valence-electron chi connectivity index (χ1n) is 7.75. The third-order valence-corrected chi connectivity index (χ3v) is 4.26. The highest BCUT2D eigenvalue weighted by molar-refractivity contribution is 5.94. The van der Waals surface area contributed by atoms with Crippen molar-refractivity contribution in [2.75, 3.05) is 26.2 Å². The van der Waals surface area contributed by atoms with Crippen LogP contribution in [-0.2, 0) is 0 Å². The number of likely N-dealkylation sites (N-methyl/N-ethyl adjacent to an activating group) is 1. The van der Waals surface area contributed by atoms with Crippen LogP contribution in [0.3, 0.4) is 0 Å². The molecule has 0 radical (unpaired) electrons. The molecule has 1 aromatic heterocycles. The maximum absolute atomic E-state index is 12.7. The first-order chi connectivity index (χ1) is 11.2. The van der Waals surface area contributed by atoms with Crippen LogP contribution in [0.25, 0.3) is 0 Å². The monoisotopic (exact) mass is 309 g/mol. The zero-order valence-corrected chi connectivity index (χ0v) is 13.1. The van der Waals surface area contributed by atoms with Crippen LogP contribution in [0.1, 0.15) is 34.7 Å². The van der Waals surface area contributed by atoms with Crippen molar-refractivity contribution in [3.05, 3.63) is 53.6 Å². The van der Waals surface area contributed by atoms with E-state index in [2.05, 4.69) is 27.9 Å². The lowest BCUT2D eigenvalue weighted by Gasteiger charge is -2.40. The summed E-state index contributed by atoms with van der Waals surface area (Å²) < 4.78 is 0. The van der Waals surface area contributed by atoms with E-state index < -0.39 is 0 Å². The molecule has 3 rings (SSSR count). The number of rotatable bonds is 3. The van der Waals surface area contributed by atoms with Gasteiger partial charge in [0.15, 0.2) is 0 Å². The number of hydrogen-bond donors (Lipinski definition) is 1. The summed E-state index contributed by atoms with van der Waals surface area (Å²) >= 11 is 0. The fraction of sp³-hybridized carbons (Fsp3) is 0.353. The number of imidazole rings is 1. The van der Waals surface area contributed by atoms with E-state index in [0.29, 0.717) is 24.2 Å². The maximum Gasteiger partial charge on any atom is 0.254 e. The number of carbonyl (C=O) groups excluding carboxylic acids is 1. The third kappa shape index (κ3) is 3.10. The number of nitriles is 1. The Morgan fingerprint density at radius 3 is 3.04 bits per heavy atom. The molecule has 6 heteroatoms. The summed E-state index contributed by atoms with van der Waals surface area (Å²) in [5.41, 5.74) is 1.07. The largest absolute Gasteiger partial charge is 0.347 e. The highest BCUT2D eigenvalue weighted by Gasteiger charge is 2.31. The molecule has 0 aliphatic carbocycles. The summed E-state index contributed by atoms with van der Waals surface area (Å²) in [6.45, 7) is 5.12. The second kappa shape index (κ2) is 6.63. The molecule has 1 amide bonds. The number of piperazine rings is 1. The van der Waals surface area contributed by atoms with E-state index >= 15 is 0 Å². The SMILES string of the molecule is CCN1CCN(C(=O)c2cccc(C#N)c2)C[C@@H]1c1ncc[nH]1. The Kier molecular flexibility index (Phi) is 4.40. The van der Waals surface area contributed by atoms with Crippen LogP contribution in [-0.4, -0.2) is 51.9 Å². The van der Waals surface area contributed by atoms with Gasteiger partial charge in [0.25, 0.3) is 5.91 Å². The minimum absolute atomic E-state index is 0.0330. The van der Waals surface area contributed by atoms with Gasteiger partial charge in [-0.15, -0.1) is 0 Å². The van der Waals surface area contributed by atoms with E-state index in [0.717, 1.165) is 18.9 Å². The summed E-state index contributed by atoms with van der Waals surface area (Å²) in [5.74, 6) is 0.851. The number of nitrogens with one attached hydrogen (secondary N) is 1. The fourth-order valence-electron chi connectivity index (χ4n) is 3.01. The highest BCUT2D eigenvalue weighted by Crippen LogP contribution is 2.23. The normalized spacial score (nSPS) is 18.6. The molecule has 1 aromatic carbocycles. The molecule has 1 aliphatic rings. The first-order valence-corrected chi connectivity index (χ1v) is 7.75. The summed E-state index contributed by atoms with van der Waals surface area (Å²) in [6.07, 6.45) is 3.54. The zero-order chi connectivity index (χ0) is 16.2. The van der Waals surface area contributed by atoms with Crippen LogP contribution in [0, 0.1) is 11.3 Å². The van der Waals surface area contributed by atoms with Gasteiger partial charge in [-0.05, 0) is 24.7 Å². The van der Waals surface area contributed by atoms with Crippen molar-refractivity contribution >= 4 is 5.91 Å². The Labute approximate surface area is 135 Å². The van der Waals surface area contributed by atoms with E-state index in [4.69, 9.17) is 5.26 Å². The molecular formula is C17H19N5O. The average Bonchev–Trinajstić information content (AvgIpc) is 3.15. The molecule has 0 unspecified atom stereocenters. The van der Waals surface area contributed by atoms with Gasteiger partial charge in [-0.1, -0.05) is 13.0 Å². The number of benzene rings is 1. The van der Waals surface area contributed by atoms with Gasteiger partial charge in [-0.3, -0.25) is 9.69 Å². The van der Waals surface area contributed by atoms with Gasteiger partial charge in [-0.25, -0.2) is 4.98 Å². The van der Waals surface area contributed by atoms with Gasteiger partial charge >= 0.3 is 0 Å². The van der Waals surface area contributed by atoms with Crippen molar-refractivity contribution in [1.82, 2.24) is 19.8 Å². The number of aromatic nitrogens is 2. The topological polar surface area (TPSA) is 76.0 Å². The molecule has 6 nitrogen and oxygen atoms in total. The van der Waals surface area contributed by atoms with Crippen molar-refractivity contribution in [2.45, 2.75) is 13.0 Å². The average molecular weight is 309 g/mol. The van der Waals surface area contributed by atoms with Crippen LogP contribution < -0.4 is 0 Å². The van der Waals surface area contributed by atoms with Crippen molar-refractivity contribution < 1.29 is 4.79 Å². The zero-order valence-electron chi connectivity index (χ0n) is 13.1. The lowest BCUT2D eigenvalue weighted by Crippen LogP contribution is -2.50. The number of nitrogens with zero attached hydrogens (tertiary/aromatic N) is 4. The van der Waals surface area contributed by atoms with Crippen LogP contribution in [0.2, 0.25) is 0 Å². The predicted octanol–water partition coefficient (Wildman–Crippen LogP) is 1.80. The van der Waals surface area contributed by atoms with E-state index in [-0.39, 0.29) is 11.9 Å². The molecule has 23 heavy (non-hydrogen) atoms. The molecule has 118 valence electrons. The molecule has 1 atom stereocenters. The minimum atomic E-state index is -0.0330. The lowest BCUT2D eigenvalue weighted by atomic mass is 10.1. The Bertz CT molecular complexity index is 719. The fourth-order valence-corrected chi connectivity index (χ4v) is 3.01. The highest BCUT2D eigenvalue weighted by atomic mass is 16.2. The minimum Gasteiger partial charge on any atom is -0.347 e. The Hall–Kier alpha value is -2.65. The summed E-state index contributed by atoms with van der Waals surface area (Å²) in [7, 11) is 0. The summed E-state index contributed by atoms with van der Waals surface area (Å²) in [4.78, 5) is 24.4. The van der Waals surface area contributed by atoms with E-state index in [1.807, 2.05) is 4.90 Å². The number of carbonyl (C=O) groups is 1. The van der Waals surface area contributed by atoms with Crippen LogP contribution in [0.4, 0.5) is 0 Å². The van der Waals surface area contributed by atoms with Crippen molar-refractivity contribution in [3.8, 4) is 6.07 Å². The molecule has 2 aromatic rings. The molecule has 1 saturated heterocycles. The lowest BCUT2D eigenvalue weighted by molar-refractivity contribution is 0.0480. The molecule has 0 spiro atoms. The molecular weight excluding hydrogens is 290 g/mol. The number of hydrogen-bond acceptors (Lipinski definition) is 4. The summed E-state index contributed by atoms with van der Waals surface area (Å²) in [6, 6.07) is 9.02. The number of aromatic amines is 1. The van der Waals surface area contributed by atoms with Gasteiger partial charge in [0.1, 0.15) is 5.82 Å². The molecule has 2 heterocycles. The molecule has 0 saturated carbocycles. The smallest absolute Gasteiger partial charge is 0.254 e. The first kappa shape index (κ1) is 15.3. The van der Waals surface area contributed by atoms with Crippen LogP contribution in [0.15, 0.2) is 36.7 Å². The maximum atomic E-state index is 12.7. The molecule has 1 N–H and O–H groups in total. The Balaban J connectivity index is 1.80. The second-order valence-corrected chi connectivity index (χ2v) is 5.56. The second-order valence-electron chi connectivity index (χ2n) is 5.56. The number of H-pyrrole nitrogens is 1. The standard InChI is InChI=1S/C17H19N5O/c1-2-21-8-9-22(12-15(21)16-19-6-7-20-16)17(23)14-5-3-4-13(10-14)11-18/h3-7,10,15H,2,8-9,12H2,1H3,(H,19,20)/t15-/m1/s1. The Morgan fingerprint density at radius 2 is 2.35 bits per heavy atom. The Morgan fingerprint density at radius 1 is 1.48 bits per heavy atom. The van der Waals surface area contributed by atoms with E-state index in [9.17, 15) is 4.79 Å².